The molecule has 0 bridgehead atoms. The number of hydrogen-bond acceptors (Lipinski definition) is 3. The smallest absolute Gasteiger partial charge is 0.191 e. The third kappa shape index (κ3) is 4.85. The summed E-state index contributed by atoms with van der Waals surface area (Å²) in [7, 11) is 3.61. The first-order valence-electron chi connectivity index (χ1n) is 10.0. The third-order valence-electron chi connectivity index (χ3n) is 6.12. The van der Waals surface area contributed by atoms with Gasteiger partial charge >= 0.3 is 0 Å². The van der Waals surface area contributed by atoms with Crippen LogP contribution in [0.4, 0.5) is 8.78 Å². The van der Waals surface area contributed by atoms with Gasteiger partial charge in [-0.25, -0.2) is 8.78 Å². The molecular formula is C21H33F2IN4O. The van der Waals surface area contributed by atoms with Crippen LogP contribution in [0.1, 0.15) is 38.8 Å². The summed E-state index contributed by atoms with van der Waals surface area (Å²) in [6.07, 6.45) is 1.33. The third-order valence-corrected chi connectivity index (χ3v) is 6.12. The van der Waals surface area contributed by atoms with Crippen LogP contribution in [0.25, 0.3) is 0 Å². The molecule has 2 fully saturated rings. The summed E-state index contributed by atoms with van der Waals surface area (Å²) >= 11 is 0. The predicted molar refractivity (Wildman–Crippen MR) is 123 cm³/mol. The van der Waals surface area contributed by atoms with E-state index in [1.807, 2.05) is 21.0 Å². The van der Waals surface area contributed by atoms with Gasteiger partial charge in [-0.3, -0.25) is 4.99 Å². The average Bonchev–Trinajstić information content (AvgIpc) is 3.08. The van der Waals surface area contributed by atoms with E-state index >= 15 is 0 Å². The Morgan fingerprint density at radius 3 is 2.55 bits per heavy atom. The minimum atomic E-state index is -0.544. The molecule has 1 aliphatic heterocycles. The summed E-state index contributed by atoms with van der Waals surface area (Å²) in [5.74, 6) is 0.0675. The van der Waals surface area contributed by atoms with Gasteiger partial charge in [0, 0.05) is 36.1 Å². The van der Waals surface area contributed by atoms with Crippen molar-refractivity contribution < 1.29 is 13.5 Å². The van der Waals surface area contributed by atoms with Crippen molar-refractivity contribution in [2.75, 3.05) is 33.8 Å². The first kappa shape index (κ1) is 24.3. The SMILES string of the molecule is CCNC(=NCC(c1c(F)cccc1F)N(C)C)NC1C2CCOC2C1(C)C.I. The highest BCUT2D eigenvalue weighted by Gasteiger charge is 2.59. The molecule has 4 atom stereocenters. The molecule has 0 aromatic heterocycles. The summed E-state index contributed by atoms with van der Waals surface area (Å²) in [5.41, 5.74) is 0.0796. The molecule has 1 aromatic rings. The molecule has 0 spiro atoms. The second kappa shape index (κ2) is 9.87. The zero-order chi connectivity index (χ0) is 20.5. The lowest BCUT2D eigenvalue weighted by atomic mass is 9.57. The fraction of sp³-hybridized carbons (Fsp3) is 0.667. The van der Waals surface area contributed by atoms with Crippen molar-refractivity contribution in [2.24, 2.45) is 16.3 Å². The van der Waals surface area contributed by atoms with Crippen molar-refractivity contribution in [1.82, 2.24) is 15.5 Å². The molecular weight excluding hydrogens is 489 g/mol. The van der Waals surface area contributed by atoms with E-state index in [-0.39, 0.29) is 53.6 Å². The molecule has 4 unspecified atom stereocenters. The molecule has 29 heavy (non-hydrogen) atoms. The number of rotatable bonds is 6. The Hall–Kier alpha value is -1.00. The molecule has 2 N–H and O–H groups in total. The Balaban J connectivity index is 0.00000300. The molecule has 1 saturated heterocycles. The topological polar surface area (TPSA) is 48.9 Å². The fourth-order valence-electron chi connectivity index (χ4n) is 4.60. The minimum Gasteiger partial charge on any atom is -0.377 e. The van der Waals surface area contributed by atoms with E-state index in [0.29, 0.717) is 18.4 Å². The van der Waals surface area contributed by atoms with Crippen LogP contribution in [-0.4, -0.2) is 56.8 Å². The number of hydrogen-bond donors (Lipinski definition) is 2. The number of nitrogens with one attached hydrogen (secondary N) is 2. The zero-order valence-electron chi connectivity index (χ0n) is 17.8. The highest BCUT2D eigenvalue weighted by molar-refractivity contribution is 14.0. The number of nitrogens with zero attached hydrogens (tertiary/aromatic N) is 2. The molecule has 1 aliphatic carbocycles. The second-order valence-electron chi connectivity index (χ2n) is 8.52. The van der Waals surface area contributed by atoms with Crippen molar-refractivity contribution in [1.29, 1.82) is 0 Å². The summed E-state index contributed by atoms with van der Waals surface area (Å²) in [4.78, 5) is 6.47. The molecule has 0 amide bonds. The first-order valence-corrected chi connectivity index (χ1v) is 10.0. The van der Waals surface area contributed by atoms with Crippen LogP contribution in [0, 0.1) is 23.0 Å². The van der Waals surface area contributed by atoms with E-state index in [0.717, 1.165) is 13.0 Å². The standard InChI is InChI=1S/C21H32F2N4O.HI/c1-6-24-20(26-18-13-10-11-28-19(13)21(18,2)3)25-12-16(27(4)5)17-14(22)8-7-9-15(17)23;/h7-9,13,16,18-19H,6,10-12H2,1-5H3,(H2,24,25,26);1H. The Kier molecular flexibility index (Phi) is 8.26. The van der Waals surface area contributed by atoms with Gasteiger partial charge in [-0.1, -0.05) is 19.9 Å². The maximum Gasteiger partial charge on any atom is 0.191 e. The van der Waals surface area contributed by atoms with E-state index in [1.54, 1.807) is 4.90 Å². The Morgan fingerprint density at radius 2 is 1.97 bits per heavy atom. The predicted octanol–water partition coefficient (Wildman–Crippen LogP) is 3.55. The summed E-state index contributed by atoms with van der Waals surface area (Å²) in [5, 5.41) is 6.81. The van der Waals surface area contributed by atoms with E-state index in [2.05, 4.69) is 29.5 Å². The summed E-state index contributed by atoms with van der Waals surface area (Å²) < 4.78 is 34.5. The Labute approximate surface area is 189 Å². The van der Waals surface area contributed by atoms with Gasteiger partial charge < -0.3 is 20.3 Å². The first-order chi connectivity index (χ1) is 13.3. The van der Waals surface area contributed by atoms with Crippen LogP contribution in [0.2, 0.25) is 0 Å². The van der Waals surface area contributed by atoms with Crippen molar-refractivity contribution in [2.45, 2.75) is 45.4 Å². The van der Waals surface area contributed by atoms with Crippen LogP contribution >= 0.6 is 24.0 Å². The van der Waals surface area contributed by atoms with Crippen molar-refractivity contribution in [3.63, 3.8) is 0 Å². The van der Waals surface area contributed by atoms with Crippen molar-refractivity contribution in [3.05, 3.63) is 35.4 Å². The monoisotopic (exact) mass is 522 g/mol. The van der Waals surface area contributed by atoms with Gasteiger partial charge in [0.1, 0.15) is 11.6 Å². The van der Waals surface area contributed by atoms with Crippen LogP contribution in [0.15, 0.2) is 23.2 Å². The quantitative estimate of drug-likeness (QED) is 0.341. The van der Waals surface area contributed by atoms with Gasteiger partial charge in [-0.15, -0.1) is 24.0 Å². The van der Waals surface area contributed by atoms with Gasteiger partial charge in [0.2, 0.25) is 0 Å². The summed E-state index contributed by atoms with van der Waals surface area (Å²) in [6.45, 7) is 8.18. The largest absolute Gasteiger partial charge is 0.377 e. The number of halogens is 3. The van der Waals surface area contributed by atoms with E-state index in [1.165, 1.54) is 18.2 Å². The van der Waals surface area contributed by atoms with Crippen molar-refractivity contribution >= 4 is 29.9 Å². The lowest BCUT2D eigenvalue weighted by molar-refractivity contribution is -0.106. The van der Waals surface area contributed by atoms with Gasteiger partial charge in [-0.05, 0) is 39.6 Å². The van der Waals surface area contributed by atoms with Crippen molar-refractivity contribution in [3.8, 4) is 0 Å². The fourth-order valence-corrected chi connectivity index (χ4v) is 4.60. The second-order valence-corrected chi connectivity index (χ2v) is 8.52. The average molecular weight is 522 g/mol. The lowest BCUT2D eigenvalue weighted by Crippen LogP contribution is -2.68. The number of guanidine groups is 1. The highest BCUT2D eigenvalue weighted by Crippen LogP contribution is 2.52. The van der Waals surface area contributed by atoms with Gasteiger partial charge in [0.25, 0.3) is 0 Å². The molecule has 5 nitrogen and oxygen atoms in total. The number of aliphatic imine (C=N–C) groups is 1. The lowest BCUT2D eigenvalue weighted by Gasteiger charge is -2.55. The Morgan fingerprint density at radius 1 is 1.31 bits per heavy atom. The highest BCUT2D eigenvalue weighted by atomic mass is 127. The molecule has 1 saturated carbocycles. The van der Waals surface area contributed by atoms with E-state index < -0.39 is 17.7 Å². The van der Waals surface area contributed by atoms with Gasteiger partial charge in [0.15, 0.2) is 5.96 Å². The number of ether oxygens (including phenoxy) is 1. The molecule has 8 heteroatoms. The molecule has 3 rings (SSSR count). The van der Waals surface area contributed by atoms with E-state index in [9.17, 15) is 8.78 Å². The van der Waals surface area contributed by atoms with Crippen LogP contribution < -0.4 is 10.6 Å². The molecule has 164 valence electrons. The van der Waals surface area contributed by atoms with Crippen LogP contribution in [-0.2, 0) is 4.74 Å². The van der Waals surface area contributed by atoms with Gasteiger partial charge in [0.05, 0.1) is 18.7 Å². The van der Waals surface area contributed by atoms with Crippen LogP contribution in [0.3, 0.4) is 0 Å². The molecule has 2 aliphatic rings. The minimum absolute atomic E-state index is 0. The molecule has 1 aromatic carbocycles. The van der Waals surface area contributed by atoms with E-state index in [4.69, 9.17) is 4.74 Å². The summed E-state index contributed by atoms with van der Waals surface area (Å²) in [6, 6.07) is 3.74. The molecule has 1 heterocycles. The Bertz CT molecular complexity index is 708. The normalized spacial score (nSPS) is 26.3. The molecule has 0 radical (unpaired) electrons. The van der Waals surface area contributed by atoms with Gasteiger partial charge in [-0.2, -0.15) is 0 Å². The number of benzene rings is 1. The zero-order valence-corrected chi connectivity index (χ0v) is 20.2. The van der Waals surface area contributed by atoms with Crippen LogP contribution in [0.5, 0.6) is 0 Å². The maximum absolute atomic E-state index is 14.3. The number of likely N-dealkylation sites (N-methyl/N-ethyl adjacent to an activating group) is 1. The maximum atomic E-state index is 14.3. The number of fused-ring (bicyclic) bond motifs is 1.